The number of hydrogen-bond acceptors (Lipinski definition) is 1. The van der Waals surface area contributed by atoms with Crippen molar-refractivity contribution in [2.24, 2.45) is 0 Å². The van der Waals surface area contributed by atoms with Crippen LogP contribution in [0.1, 0.15) is 43.4 Å². The predicted octanol–water partition coefficient (Wildman–Crippen LogP) is 3.39. The van der Waals surface area contributed by atoms with Crippen LogP contribution < -0.4 is 0 Å². The van der Waals surface area contributed by atoms with E-state index in [1.165, 1.54) is 5.56 Å². The van der Waals surface area contributed by atoms with Crippen LogP contribution in [0.5, 0.6) is 5.75 Å². The summed E-state index contributed by atoms with van der Waals surface area (Å²) >= 11 is 0. The van der Waals surface area contributed by atoms with E-state index in [4.69, 9.17) is 0 Å². The average Bonchev–Trinajstić information content (AvgIpc) is 2.09. The van der Waals surface area contributed by atoms with E-state index in [1.54, 1.807) is 0 Å². The predicted molar refractivity (Wildman–Crippen MR) is 56.3 cm³/mol. The average molecular weight is 178 g/mol. The fourth-order valence-electron chi connectivity index (χ4n) is 1.68. The van der Waals surface area contributed by atoms with Crippen LogP contribution in [0.4, 0.5) is 0 Å². The number of hydrogen-bond donors (Lipinski definition) is 1. The Morgan fingerprint density at radius 2 is 1.92 bits per heavy atom. The van der Waals surface area contributed by atoms with Crippen LogP contribution in [0.2, 0.25) is 0 Å². The first kappa shape index (κ1) is 10.1. The van der Waals surface area contributed by atoms with Gasteiger partial charge in [0.25, 0.3) is 0 Å². The van der Waals surface area contributed by atoms with Crippen molar-refractivity contribution in [3.8, 4) is 5.75 Å². The summed E-state index contributed by atoms with van der Waals surface area (Å²) in [6.45, 7) is 8.34. The molecule has 0 amide bonds. The normalized spacial score (nSPS) is 10.8. The number of phenolic OH excluding ortho intramolecular Hbond substituents is 1. The van der Waals surface area contributed by atoms with Gasteiger partial charge in [-0.05, 0) is 36.0 Å². The number of aryl methyl sites for hydroxylation is 1. The summed E-state index contributed by atoms with van der Waals surface area (Å²) in [7, 11) is 0. The van der Waals surface area contributed by atoms with Gasteiger partial charge in [0.15, 0.2) is 0 Å². The molecule has 72 valence electrons. The number of rotatable bonds is 2. The lowest BCUT2D eigenvalue weighted by molar-refractivity contribution is 0.463. The Labute approximate surface area is 80.4 Å². The number of phenols is 1. The molecule has 0 aliphatic carbocycles. The second-order valence-electron chi connectivity index (χ2n) is 3.81. The van der Waals surface area contributed by atoms with Gasteiger partial charge in [-0.25, -0.2) is 0 Å². The van der Waals surface area contributed by atoms with E-state index in [2.05, 4.69) is 26.8 Å². The van der Waals surface area contributed by atoms with Crippen molar-refractivity contribution >= 4 is 0 Å². The Kier molecular flexibility index (Phi) is 2.97. The summed E-state index contributed by atoms with van der Waals surface area (Å²) in [5.41, 5.74) is 3.35. The molecule has 0 saturated carbocycles. The molecule has 1 N–H and O–H groups in total. The zero-order chi connectivity index (χ0) is 10.0. The van der Waals surface area contributed by atoms with Gasteiger partial charge in [0.2, 0.25) is 0 Å². The van der Waals surface area contributed by atoms with E-state index in [0.717, 1.165) is 17.5 Å². The summed E-state index contributed by atoms with van der Waals surface area (Å²) < 4.78 is 0. The quantitative estimate of drug-likeness (QED) is 0.736. The first-order chi connectivity index (χ1) is 6.07. The summed E-state index contributed by atoms with van der Waals surface area (Å²) in [6.07, 6.45) is 0.904. The standard InChI is InChI=1S/C12H18O/c1-5-10-11(8(2)3)7-6-9(4)12(10)13/h6-8,13H,5H2,1-4H3. The Balaban J connectivity index is 3.30. The maximum Gasteiger partial charge on any atom is 0.121 e. The molecule has 1 aromatic rings. The zero-order valence-electron chi connectivity index (χ0n) is 8.89. The lowest BCUT2D eigenvalue weighted by Crippen LogP contribution is -1.96. The minimum atomic E-state index is 0.480. The third-order valence-electron chi connectivity index (χ3n) is 2.50. The Hall–Kier alpha value is -0.980. The van der Waals surface area contributed by atoms with Crippen LogP contribution in [-0.4, -0.2) is 5.11 Å². The first-order valence-corrected chi connectivity index (χ1v) is 4.89. The molecule has 0 heterocycles. The highest BCUT2D eigenvalue weighted by Crippen LogP contribution is 2.30. The highest BCUT2D eigenvalue weighted by molar-refractivity contribution is 5.46. The summed E-state index contributed by atoms with van der Waals surface area (Å²) in [4.78, 5) is 0. The molecule has 0 aliphatic heterocycles. The molecule has 0 bridgehead atoms. The molecule has 13 heavy (non-hydrogen) atoms. The van der Waals surface area contributed by atoms with E-state index < -0.39 is 0 Å². The van der Waals surface area contributed by atoms with Gasteiger partial charge in [-0.2, -0.15) is 0 Å². The van der Waals surface area contributed by atoms with Crippen molar-refractivity contribution in [3.63, 3.8) is 0 Å². The highest BCUT2D eigenvalue weighted by atomic mass is 16.3. The second-order valence-corrected chi connectivity index (χ2v) is 3.81. The fourth-order valence-corrected chi connectivity index (χ4v) is 1.68. The van der Waals surface area contributed by atoms with E-state index in [-0.39, 0.29) is 0 Å². The van der Waals surface area contributed by atoms with Crippen molar-refractivity contribution in [3.05, 3.63) is 28.8 Å². The maximum atomic E-state index is 9.83. The minimum absolute atomic E-state index is 0.480. The molecule has 0 unspecified atom stereocenters. The first-order valence-electron chi connectivity index (χ1n) is 4.89. The van der Waals surface area contributed by atoms with E-state index in [9.17, 15) is 5.11 Å². The van der Waals surface area contributed by atoms with Crippen LogP contribution in [0.15, 0.2) is 12.1 Å². The third kappa shape index (κ3) is 1.85. The van der Waals surface area contributed by atoms with Crippen molar-refractivity contribution < 1.29 is 5.11 Å². The smallest absolute Gasteiger partial charge is 0.121 e. The van der Waals surface area contributed by atoms with Crippen molar-refractivity contribution in [2.75, 3.05) is 0 Å². The van der Waals surface area contributed by atoms with Crippen LogP contribution in [0, 0.1) is 6.92 Å². The maximum absolute atomic E-state index is 9.83. The monoisotopic (exact) mass is 178 g/mol. The molecule has 1 aromatic carbocycles. The molecule has 0 fully saturated rings. The van der Waals surface area contributed by atoms with Gasteiger partial charge < -0.3 is 5.11 Å². The summed E-state index contributed by atoms with van der Waals surface area (Å²) in [5.74, 6) is 0.968. The molecular formula is C12H18O. The SMILES string of the molecule is CCc1c(C(C)C)ccc(C)c1O. The number of aromatic hydroxyl groups is 1. The summed E-state index contributed by atoms with van der Waals surface area (Å²) in [6, 6.07) is 4.11. The van der Waals surface area contributed by atoms with E-state index >= 15 is 0 Å². The highest BCUT2D eigenvalue weighted by Gasteiger charge is 2.10. The van der Waals surface area contributed by atoms with E-state index in [0.29, 0.717) is 11.7 Å². The largest absolute Gasteiger partial charge is 0.507 e. The lowest BCUT2D eigenvalue weighted by atomic mass is 9.93. The van der Waals surface area contributed by atoms with Gasteiger partial charge in [-0.1, -0.05) is 32.9 Å². The Morgan fingerprint density at radius 3 is 2.38 bits per heavy atom. The molecule has 0 aliphatic rings. The molecule has 0 saturated heterocycles. The zero-order valence-corrected chi connectivity index (χ0v) is 8.89. The molecule has 0 radical (unpaired) electrons. The molecule has 1 heteroatoms. The fraction of sp³-hybridized carbons (Fsp3) is 0.500. The van der Waals surface area contributed by atoms with Gasteiger partial charge in [-0.15, -0.1) is 0 Å². The molecule has 1 nitrogen and oxygen atoms in total. The van der Waals surface area contributed by atoms with Crippen LogP contribution in [-0.2, 0) is 6.42 Å². The lowest BCUT2D eigenvalue weighted by Gasteiger charge is -2.14. The van der Waals surface area contributed by atoms with Gasteiger partial charge >= 0.3 is 0 Å². The van der Waals surface area contributed by atoms with Crippen LogP contribution >= 0.6 is 0 Å². The van der Waals surface area contributed by atoms with Crippen molar-refractivity contribution in [2.45, 2.75) is 40.0 Å². The van der Waals surface area contributed by atoms with Crippen molar-refractivity contribution in [1.82, 2.24) is 0 Å². The van der Waals surface area contributed by atoms with Crippen LogP contribution in [0.3, 0.4) is 0 Å². The molecule has 0 spiro atoms. The molecule has 1 rings (SSSR count). The van der Waals surface area contributed by atoms with E-state index in [1.807, 2.05) is 13.0 Å². The third-order valence-corrected chi connectivity index (χ3v) is 2.50. The van der Waals surface area contributed by atoms with Gasteiger partial charge in [0.05, 0.1) is 0 Å². The minimum Gasteiger partial charge on any atom is -0.507 e. The Bertz CT molecular complexity index is 300. The molecule has 0 aromatic heterocycles. The molecular weight excluding hydrogens is 160 g/mol. The second kappa shape index (κ2) is 3.82. The topological polar surface area (TPSA) is 20.2 Å². The Morgan fingerprint density at radius 1 is 1.31 bits per heavy atom. The number of benzene rings is 1. The van der Waals surface area contributed by atoms with Crippen LogP contribution in [0.25, 0.3) is 0 Å². The van der Waals surface area contributed by atoms with Gasteiger partial charge in [0, 0.05) is 0 Å². The van der Waals surface area contributed by atoms with Crippen molar-refractivity contribution in [1.29, 1.82) is 0 Å². The van der Waals surface area contributed by atoms with Gasteiger partial charge in [-0.3, -0.25) is 0 Å². The molecule has 0 atom stereocenters. The summed E-state index contributed by atoms with van der Waals surface area (Å²) in [5, 5.41) is 9.83. The van der Waals surface area contributed by atoms with Gasteiger partial charge in [0.1, 0.15) is 5.75 Å².